The van der Waals surface area contributed by atoms with Gasteiger partial charge in [0.2, 0.25) is 11.8 Å². The Morgan fingerprint density at radius 1 is 1.15 bits per heavy atom. The van der Waals surface area contributed by atoms with E-state index in [1.807, 2.05) is 44.2 Å². The highest BCUT2D eigenvalue weighted by Crippen LogP contribution is 2.16. The maximum Gasteiger partial charge on any atom is 0.410 e. The third-order valence-electron chi connectivity index (χ3n) is 5.45. The third-order valence-corrected chi connectivity index (χ3v) is 5.45. The molecule has 8 heteroatoms. The van der Waals surface area contributed by atoms with Crippen molar-refractivity contribution in [2.75, 3.05) is 13.1 Å². The Kier molecular flexibility index (Phi) is 9.44. The quantitative estimate of drug-likeness (QED) is 0.652. The minimum atomic E-state index is -0.722. The summed E-state index contributed by atoms with van der Waals surface area (Å²) in [7, 11) is 0. The number of benzene rings is 1. The van der Waals surface area contributed by atoms with Gasteiger partial charge >= 0.3 is 6.09 Å². The second-order valence-electron chi connectivity index (χ2n) is 10.0. The van der Waals surface area contributed by atoms with Gasteiger partial charge in [0.1, 0.15) is 12.6 Å². The van der Waals surface area contributed by atoms with Crippen LogP contribution in [0.2, 0.25) is 0 Å². The summed E-state index contributed by atoms with van der Waals surface area (Å²) in [5.74, 6) is -0.661. The highest BCUT2D eigenvalue weighted by molar-refractivity contribution is 5.95. The number of hydrogen-bond acceptors (Lipinski definition) is 5. The highest BCUT2D eigenvalue weighted by Gasteiger charge is 2.33. The molecule has 2 unspecified atom stereocenters. The fourth-order valence-corrected chi connectivity index (χ4v) is 3.49. The van der Waals surface area contributed by atoms with Crippen LogP contribution in [0, 0.1) is 11.3 Å². The summed E-state index contributed by atoms with van der Waals surface area (Å²) in [5, 5.41) is 5.63. The Morgan fingerprint density at radius 3 is 2.42 bits per heavy atom. The van der Waals surface area contributed by atoms with Gasteiger partial charge in [0.05, 0.1) is 12.6 Å². The molecule has 2 atom stereocenters. The van der Waals surface area contributed by atoms with E-state index in [1.165, 1.54) is 4.90 Å². The van der Waals surface area contributed by atoms with Crippen LogP contribution in [0.3, 0.4) is 0 Å². The second-order valence-corrected chi connectivity index (χ2v) is 10.0. The SMILES string of the molecule is CC(C)CC(NC(=O)C(C)(C)C)C(=O)NC1CCCN(C(=O)OCc2ccccc2)CC1=O. The lowest BCUT2D eigenvalue weighted by molar-refractivity contribution is -0.134. The predicted molar refractivity (Wildman–Crippen MR) is 125 cm³/mol. The number of carbonyl (C=O) groups is 4. The van der Waals surface area contributed by atoms with E-state index in [0.717, 1.165) is 5.56 Å². The predicted octanol–water partition coefficient (Wildman–Crippen LogP) is 3.05. The number of hydrogen-bond donors (Lipinski definition) is 2. The lowest BCUT2D eigenvalue weighted by atomic mass is 9.94. The molecule has 1 saturated heterocycles. The minimum Gasteiger partial charge on any atom is -0.445 e. The van der Waals surface area contributed by atoms with Crippen LogP contribution in [-0.2, 0) is 25.7 Å². The average Bonchev–Trinajstić information content (AvgIpc) is 2.92. The molecule has 0 saturated carbocycles. The van der Waals surface area contributed by atoms with Gasteiger partial charge in [0.25, 0.3) is 0 Å². The van der Waals surface area contributed by atoms with Crippen molar-refractivity contribution < 1.29 is 23.9 Å². The number of amides is 3. The molecular formula is C25H37N3O5. The van der Waals surface area contributed by atoms with E-state index < -0.39 is 23.6 Å². The zero-order chi connectivity index (χ0) is 24.6. The summed E-state index contributed by atoms with van der Waals surface area (Å²) in [5.41, 5.74) is 0.236. The van der Waals surface area contributed by atoms with Gasteiger partial charge in [-0.05, 0) is 30.7 Å². The maximum atomic E-state index is 13.0. The Labute approximate surface area is 196 Å². The normalized spacial score (nSPS) is 17.8. The summed E-state index contributed by atoms with van der Waals surface area (Å²) < 4.78 is 5.35. The van der Waals surface area contributed by atoms with E-state index in [4.69, 9.17) is 4.74 Å². The monoisotopic (exact) mass is 459 g/mol. The molecule has 0 radical (unpaired) electrons. The van der Waals surface area contributed by atoms with E-state index in [2.05, 4.69) is 10.6 Å². The van der Waals surface area contributed by atoms with Gasteiger partial charge < -0.3 is 20.3 Å². The van der Waals surface area contributed by atoms with Crippen LogP contribution in [0.5, 0.6) is 0 Å². The Morgan fingerprint density at radius 2 is 1.82 bits per heavy atom. The van der Waals surface area contributed by atoms with Crippen molar-refractivity contribution >= 4 is 23.7 Å². The van der Waals surface area contributed by atoms with E-state index in [9.17, 15) is 19.2 Å². The lowest BCUT2D eigenvalue weighted by Crippen LogP contribution is -2.54. The first kappa shape index (κ1) is 26.4. The molecule has 182 valence electrons. The van der Waals surface area contributed by atoms with Crippen molar-refractivity contribution in [2.24, 2.45) is 11.3 Å². The molecule has 1 aromatic rings. The summed E-state index contributed by atoms with van der Waals surface area (Å²) in [6.07, 6.45) is 0.899. The molecule has 8 nitrogen and oxygen atoms in total. The van der Waals surface area contributed by atoms with Crippen LogP contribution in [0.15, 0.2) is 30.3 Å². The molecular weight excluding hydrogens is 422 g/mol. The molecule has 2 N–H and O–H groups in total. The molecule has 0 bridgehead atoms. The van der Waals surface area contributed by atoms with Crippen molar-refractivity contribution in [3.8, 4) is 0 Å². The van der Waals surface area contributed by atoms with Crippen molar-refractivity contribution in [2.45, 2.75) is 72.6 Å². The largest absolute Gasteiger partial charge is 0.445 e. The number of likely N-dealkylation sites (tertiary alicyclic amines) is 1. The molecule has 1 aromatic carbocycles. The summed E-state index contributed by atoms with van der Waals surface area (Å²) in [4.78, 5) is 52.1. The summed E-state index contributed by atoms with van der Waals surface area (Å²) >= 11 is 0. The number of nitrogens with zero attached hydrogens (tertiary/aromatic N) is 1. The minimum absolute atomic E-state index is 0.123. The smallest absolute Gasteiger partial charge is 0.410 e. The fraction of sp³-hybridized carbons (Fsp3) is 0.600. The molecule has 1 heterocycles. The van der Waals surface area contributed by atoms with Crippen LogP contribution < -0.4 is 10.6 Å². The average molecular weight is 460 g/mol. The molecule has 3 amide bonds. The molecule has 1 aliphatic heterocycles. The first-order chi connectivity index (χ1) is 15.5. The lowest BCUT2D eigenvalue weighted by Gasteiger charge is -2.26. The standard InChI is InChI=1S/C25H37N3O5/c1-17(2)14-20(27-23(31)25(3,4)5)22(30)26-19-12-9-13-28(15-21(19)29)24(32)33-16-18-10-7-6-8-11-18/h6-8,10-11,17,19-20H,9,12-16H2,1-5H3,(H,26,30)(H,27,31). The van der Waals surface area contributed by atoms with Crippen LogP contribution in [0.4, 0.5) is 4.79 Å². The van der Waals surface area contributed by atoms with Gasteiger partial charge in [-0.3, -0.25) is 14.4 Å². The number of carbonyl (C=O) groups excluding carboxylic acids is 4. The van der Waals surface area contributed by atoms with Crippen LogP contribution in [0.25, 0.3) is 0 Å². The molecule has 1 fully saturated rings. The van der Waals surface area contributed by atoms with E-state index in [1.54, 1.807) is 20.8 Å². The first-order valence-electron chi connectivity index (χ1n) is 11.6. The zero-order valence-electron chi connectivity index (χ0n) is 20.3. The Bertz CT molecular complexity index is 832. The van der Waals surface area contributed by atoms with Crippen LogP contribution in [-0.4, -0.2) is 53.8 Å². The van der Waals surface area contributed by atoms with Gasteiger partial charge in [0.15, 0.2) is 5.78 Å². The maximum absolute atomic E-state index is 13.0. The van der Waals surface area contributed by atoms with Crippen molar-refractivity contribution in [3.05, 3.63) is 35.9 Å². The first-order valence-corrected chi connectivity index (χ1v) is 11.6. The Hall–Kier alpha value is -2.90. The summed E-state index contributed by atoms with van der Waals surface area (Å²) in [6.45, 7) is 9.68. The van der Waals surface area contributed by atoms with Crippen molar-refractivity contribution in [1.29, 1.82) is 0 Å². The van der Waals surface area contributed by atoms with Crippen LogP contribution >= 0.6 is 0 Å². The number of ketones is 1. The van der Waals surface area contributed by atoms with E-state index >= 15 is 0 Å². The number of nitrogens with one attached hydrogen (secondary N) is 2. The molecule has 0 spiro atoms. The fourth-order valence-electron chi connectivity index (χ4n) is 3.49. The molecule has 2 rings (SSSR count). The van der Waals surface area contributed by atoms with E-state index in [-0.39, 0.29) is 36.7 Å². The van der Waals surface area contributed by atoms with Gasteiger partial charge in [-0.15, -0.1) is 0 Å². The topological polar surface area (TPSA) is 105 Å². The second kappa shape index (κ2) is 11.8. The molecule has 1 aliphatic rings. The van der Waals surface area contributed by atoms with Crippen LogP contribution in [0.1, 0.15) is 59.4 Å². The van der Waals surface area contributed by atoms with Gasteiger partial charge in [0, 0.05) is 12.0 Å². The third kappa shape index (κ3) is 8.51. The van der Waals surface area contributed by atoms with Crippen molar-refractivity contribution in [3.63, 3.8) is 0 Å². The van der Waals surface area contributed by atoms with Gasteiger partial charge in [-0.1, -0.05) is 65.0 Å². The van der Waals surface area contributed by atoms with Gasteiger partial charge in [-0.25, -0.2) is 4.79 Å². The number of rotatable bonds is 7. The van der Waals surface area contributed by atoms with Crippen molar-refractivity contribution in [1.82, 2.24) is 15.5 Å². The van der Waals surface area contributed by atoms with Gasteiger partial charge in [-0.2, -0.15) is 0 Å². The molecule has 0 aliphatic carbocycles. The summed E-state index contributed by atoms with van der Waals surface area (Å²) in [6, 6.07) is 7.90. The zero-order valence-corrected chi connectivity index (χ0v) is 20.3. The molecule has 33 heavy (non-hydrogen) atoms. The Balaban J connectivity index is 1.95. The number of Topliss-reactive ketones (excluding diaryl/α,β-unsaturated/α-hetero) is 1. The van der Waals surface area contributed by atoms with E-state index in [0.29, 0.717) is 25.8 Å². The number of ether oxygens (including phenoxy) is 1. The highest BCUT2D eigenvalue weighted by atomic mass is 16.6. The molecule has 0 aromatic heterocycles.